The Bertz CT molecular complexity index is 506. The highest BCUT2D eigenvalue weighted by Crippen LogP contribution is 2.23. The van der Waals surface area contributed by atoms with E-state index in [0.29, 0.717) is 24.0 Å². The van der Waals surface area contributed by atoms with Crippen molar-refractivity contribution in [3.8, 4) is 11.5 Å². The fourth-order valence-electron chi connectivity index (χ4n) is 2.42. The number of amides is 1. The number of methoxy groups -OCH3 is 2. The largest absolute Gasteiger partial charge is 0.497 e. The maximum absolute atomic E-state index is 12.1. The van der Waals surface area contributed by atoms with E-state index in [1.165, 1.54) is 0 Å². The first kappa shape index (κ1) is 15.4. The van der Waals surface area contributed by atoms with Crippen LogP contribution in [-0.4, -0.2) is 44.7 Å². The van der Waals surface area contributed by atoms with E-state index < -0.39 is 0 Å². The predicted octanol–water partition coefficient (Wildman–Crippen LogP) is 1.52. The van der Waals surface area contributed by atoms with Crippen LogP contribution < -0.4 is 15.2 Å². The first-order chi connectivity index (χ1) is 10.2. The van der Waals surface area contributed by atoms with Gasteiger partial charge in [-0.3, -0.25) is 4.79 Å². The average molecular weight is 290 g/mol. The zero-order chi connectivity index (χ0) is 15.2. The van der Waals surface area contributed by atoms with Gasteiger partial charge in [-0.05, 0) is 42.7 Å². The van der Waals surface area contributed by atoms with E-state index in [9.17, 15) is 4.79 Å². The van der Waals surface area contributed by atoms with Crippen LogP contribution >= 0.6 is 0 Å². The van der Waals surface area contributed by atoms with Gasteiger partial charge in [0.2, 0.25) is 5.91 Å². The number of nitrogens with two attached hydrogens (primary N) is 1. The Labute approximate surface area is 125 Å². The first-order valence-electron chi connectivity index (χ1n) is 7.06. The van der Waals surface area contributed by atoms with Crippen LogP contribution in [-0.2, 0) is 4.79 Å². The lowest BCUT2D eigenvalue weighted by Gasteiger charge is -2.13. The highest BCUT2D eigenvalue weighted by atomic mass is 16.5. The summed E-state index contributed by atoms with van der Waals surface area (Å²) >= 11 is 0. The van der Waals surface area contributed by atoms with Crippen LogP contribution in [0.2, 0.25) is 0 Å². The summed E-state index contributed by atoms with van der Waals surface area (Å²) in [6.07, 6.45) is 4.36. The van der Waals surface area contributed by atoms with Crippen LogP contribution in [0.5, 0.6) is 11.5 Å². The second-order valence-corrected chi connectivity index (χ2v) is 5.15. The van der Waals surface area contributed by atoms with Crippen LogP contribution in [0.4, 0.5) is 0 Å². The molecular weight excluding hydrogens is 268 g/mol. The third kappa shape index (κ3) is 3.98. The van der Waals surface area contributed by atoms with Gasteiger partial charge in [-0.2, -0.15) is 0 Å². The molecule has 5 heteroatoms. The van der Waals surface area contributed by atoms with Gasteiger partial charge in [0.1, 0.15) is 11.5 Å². The number of ether oxygens (including phenoxy) is 2. The molecule has 1 amide bonds. The lowest BCUT2D eigenvalue weighted by Crippen LogP contribution is -2.28. The Hall–Kier alpha value is -2.01. The molecule has 0 aliphatic carbocycles. The number of benzene rings is 1. The SMILES string of the molecule is COc1cc(C=CC(=O)N2CCC(CN)C2)cc(OC)c1. The molecule has 1 atom stereocenters. The standard InChI is InChI=1S/C16H22N2O3/c1-20-14-7-12(8-15(9-14)21-2)3-4-16(19)18-6-5-13(10-17)11-18/h3-4,7-9,13H,5-6,10-11,17H2,1-2H3. The second-order valence-electron chi connectivity index (χ2n) is 5.15. The smallest absolute Gasteiger partial charge is 0.246 e. The molecule has 5 nitrogen and oxygen atoms in total. The molecule has 1 aliphatic rings. The summed E-state index contributed by atoms with van der Waals surface area (Å²) in [5, 5.41) is 0. The normalized spacial score (nSPS) is 18.2. The van der Waals surface area contributed by atoms with Gasteiger partial charge < -0.3 is 20.1 Å². The number of rotatable bonds is 5. The molecule has 1 aromatic carbocycles. The molecule has 0 radical (unpaired) electrons. The minimum atomic E-state index is 0.0211. The van der Waals surface area contributed by atoms with Crippen LogP contribution in [0.25, 0.3) is 6.08 Å². The quantitative estimate of drug-likeness (QED) is 0.835. The predicted molar refractivity (Wildman–Crippen MR) is 82.3 cm³/mol. The third-order valence-corrected chi connectivity index (χ3v) is 3.72. The minimum Gasteiger partial charge on any atom is -0.497 e. The molecule has 1 fully saturated rings. The molecule has 1 aromatic rings. The van der Waals surface area contributed by atoms with Gasteiger partial charge in [0, 0.05) is 25.2 Å². The molecule has 1 saturated heterocycles. The van der Waals surface area contributed by atoms with E-state index >= 15 is 0 Å². The van der Waals surface area contributed by atoms with E-state index in [1.54, 1.807) is 32.4 Å². The topological polar surface area (TPSA) is 64.8 Å². The van der Waals surface area contributed by atoms with Crippen molar-refractivity contribution in [2.75, 3.05) is 33.9 Å². The minimum absolute atomic E-state index is 0.0211. The Kier molecular flexibility index (Phi) is 5.22. The van der Waals surface area contributed by atoms with Crippen molar-refractivity contribution in [1.29, 1.82) is 0 Å². The molecule has 0 saturated carbocycles. The van der Waals surface area contributed by atoms with Gasteiger partial charge in [0.15, 0.2) is 0 Å². The molecule has 2 rings (SSSR count). The molecule has 0 bridgehead atoms. The molecular formula is C16H22N2O3. The maximum Gasteiger partial charge on any atom is 0.246 e. The highest BCUT2D eigenvalue weighted by Gasteiger charge is 2.23. The third-order valence-electron chi connectivity index (χ3n) is 3.72. The summed E-state index contributed by atoms with van der Waals surface area (Å²) in [6.45, 7) is 2.17. The zero-order valence-corrected chi connectivity index (χ0v) is 12.5. The number of likely N-dealkylation sites (tertiary alicyclic amines) is 1. The molecule has 2 N–H and O–H groups in total. The zero-order valence-electron chi connectivity index (χ0n) is 12.5. The molecule has 114 valence electrons. The summed E-state index contributed by atoms with van der Waals surface area (Å²) in [5.74, 6) is 1.85. The van der Waals surface area contributed by atoms with Crippen molar-refractivity contribution in [2.24, 2.45) is 11.7 Å². The fourth-order valence-corrected chi connectivity index (χ4v) is 2.42. The lowest BCUT2D eigenvalue weighted by atomic mass is 10.1. The second kappa shape index (κ2) is 7.13. The molecule has 21 heavy (non-hydrogen) atoms. The maximum atomic E-state index is 12.1. The highest BCUT2D eigenvalue weighted by molar-refractivity contribution is 5.92. The number of hydrogen-bond donors (Lipinski definition) is 1. The van der Waals surface area contributed by atoms with Crippen LogP contribution in [0.3, 0.4) is 0 Å². The van der Waals surface area contributed by atoms with Gasteiger partial charge in [-0.15, -0.1) is 0 Å². The number of nitrogens with zero attached hydrogens (tertiary/aromatic N) is 1. The molecule has 1 unspecified atom stereocenters. The Morgan fingerprint density at radius 1 is 1.33 bits per heavy atom. The monoisotopic (exact) mass is 290 g/mol. The van der Waals surface area contributed by atoms with Gasteiger partial charge in [-0.25, -0.2) is 0 Å². The van der Waals surface area contributed by atoms with E-state index in [-0.39, 0.29) is 5.91 Å². The van der Waals surface area contributed by atoms with E-state index in [0.717, 1.165) is 25.1 Å². The van der Waals surface area contributed by atoms with Crippen LogP contribution in [0.1, 0.15) is 12.0 Å². The molecule has 1 heterocycles. The summed E-state index contributed by atoms with van der Waals surface area (Å²) in [7, 11) is 3.20. The van der Waals surface area contributed by atoms with E-state index in [1.807, 2.05) is 17.0 Å². The summed E-state index contributed by atoms with van der Waals surface area (Å²) < 4.78 is 10.4. The van der Waals surface area contributed by atoms with Crippen molar-refractivity contribution in [1.82, 2.24) is 4.90 Å². The van der Waals surface area contributed by atoms with Crippen molar-refractivity contribution < 1.29 is 14.3 Å². The Morgan fingerprint density at radius 2 is 2.00 bits per heavy atom. The Balaban J connectivity index is 2.05. The summed E-state index contributed by atoms with van der Waals surface area (Å²) in [4.78, 5) is 14.0. The van der Waals surface area contributed by atoms with Gasteiger partial charge >= 0.3 is 0 Å². The van der Waals surface area contributed by atoms with Gasteiger partial charge in [0.05, 0.1) is 14.2 Å². The van der Waals surface area contributed by atoms with Gasteiger partial charge in [0.25, 0.3) is 0 Å². The molecule has 0 spiro atoms. The van der Waals surface area contributed by atoms with Crippen LogP contribution in [0.15, 0.2) is 24.3 Å². The molecule has 1 aliphatic heterocycles. The van der Waals surface area contributed by atoms with E-state index in [2.05, 4.69) is 0 Å². The van der Waals surface area contributed by atoms with Gasteiger partial charge in [-0.1, -0.05) is 0 Å². The van der Waals surface area contributed by atoms with Crippen molar-refractivity contribution in [3.05, 3.63) is 29.8 Å². The summed E-state index contributed by atoms with van der Waals surface area (Å²) in [5.41, 5.74) is 6.51. The number of carbonyl (C=O) groups excluding carboxylic acids is 1. The van der Waals surface area contributed by atoms with Crippen molar-refractivity contribution in [3.63, 3.8) is 0 Å². The average Bonchev–Trinajstić information content (AvgIpc) is 3.01. The van der Waals surface area contributed by atoms with Crippen molar-refractivity contribution >= 4 is 12.0 Å². The number of carbonyl (C=O) groups is 1. The number of hydrogen-bond acceptors (Lipinski definition) is 4. The lowest BCUT2D eigenvalue weighted by molar-refractivity contribution is -0.125. The fraction of sp³-hybridized carbons (Fsp3) is 0.438. The first-order valence-corrected chi connectivity index (χ1v) is 7.06. The van der Waals surface area contributed by atoms with Crippen LogP contribution in [0, 0.1) is 5.92 Å². The molecule has 0 aromatic heterocycles. The van der Waals surface area contributed by atoms with Crippen molar-refractivity contribution in [2.45, 2.75) is 6.42 Å². The van der Waals surface area contributed by atoms with E-state index in [4.69, 9.17) is 15.2 Å². The Morgan fingerprint density at radius 3 is 2.52 bits per heavy atom. The summed E-state index contributed by atoms with van der Waals surface area (Å²) in [6, 6.07) is 5.52.